The van der Waals surface area contributed by atoms with Crippen LogP contribution < -0.4 is 27.4 Å². The molecule has 0 saturated carbocycles. The van der Waals surface area contributed by atoms with Crippen molar-refractivity contribution in [1.29, 1.82) is 0 Å². The Hall–Kier alpha value is -2.38. The molecule has 0 aliphatic carbocycles. The smallest absolute Gasteiger partial charge is 0.326 e. The lowest BCUT2D eigenvalue weighted by atomic mass is 10.0. The number of thiol groups is 1. The fraction of sp³-hybridized carbons (Fsp3) is 0.737. The molecule has 0 aliphatic heterocycles. The lowest BCUT2D eigenvalue weighted by Crippen LogP contribution is -2.57. The van der Waals surface area contributed by atoms with Gasteiger partial charge < -0.3 is 37.6 Å². The zero-order valence-electron chi connectivity index (χ0n) is 18.4. The van der Waals surface area contributed by atoms with E-state index in [1.807, 2.05) is 0 Å². The van der Waals surface area contributed by atoms with Gasteiger partial charge >= 0.3 is 11.9 Å². The molecule has 12 nitrogen and oxygen atoms in total. The van der Waals surface area contributed by atoms with Gasteiger partial charge in [0.25, 0.3) is 0 Å². The number of hydrogen-bond acceptors (Lipinski definition) is 8. The first-order chi connectivity index (χ1) is 14.9. The summed E-state index contributed by atoms with van der Waals surface area (Å²) < 4.78 is 0. The van der Waals surface area contributed by atoms with Crippen LogP contribution in [0.5, 0.6) is 0 Å². The van der Waals surface area contributed by atoms with Crippen LogP contribution in [0.15, 0.2) is 0 Å². The summed E-state index contributed by atoms with van der Waals surface area (Å²) in [5.74, 6) is -5.04. The second-order valence-corrected chi connectivity index (χ2v) is 8.19. The van der Waals surface area contributed by atoms with E-state index in [0.717, 1.165) is 0 Å². The fourth-order valence-corrected chi connectivity index (χ4v) is 2.91. The van der Waals surface area contributed by atoms with Crippen molar-refractivity contribution in [3.8, 4) is 0 Å². The third kappa shape index (κ3) is 11.9. The van der Waals surface area contributed by atoms with Crippen LogP contribution in [0.2, 0.25) is 0 Å². The Balaban J connectivity index is 5.42. The largest absolute Gasteiger partial charge is 0.481 e. The molecule has 0 rings (SSSR count). The summed E-state index contributed by atoms with van der Waals surface area (Å²) in [4.78, 5) is 60.1. The molecule has 184 valence electrons. The third-order valence-electron chi connectivity index (χ3n) is 4.45. The normalized spacial score (nSPS) is 14.7. The number of carbonyl (C=O) groups excluding carboxylic acids is 3. The average Bonchev–Trinajstić information content (AvgIpc) is 2.70. The van der Waals surface area contributed by atoms with Gasteiger partial charge in [-0.2, -0.15) is 12.6 Å². The Bertz CT molecular complexity index is 662. The van der Waals surface area contributed by atoms with Crippen LogP contribution in [0.1, 0.15) is 46.0 Å². The number of amides is 3. The third-order valence-corrected chi connectivity index (χ3v) is 4.84. The first-order valence-corrected chi connectivity index (χ1v) is 11.0. The predicted molar refractivity (Wildman–Crippen MR) is 120 cm³/mol. The number of carbonyl (C=O) groups is 5. The summed E-state index contributed by atoms with van der Waals surface area (Å²) >= 11 is 3.89. The highest BCUT2D eigenvalue weighted by Gasteiger charge is 2.31. The van der Waals surface area contributed by atoms with Gasteiger partial charge in [0, 0.05) is 5.75 Å². The Morgan fingerprint density at radius 2 is 1.41 bits per heavy atom. The van der Waals surface area contributed by atoms with Gasteiger partial charge in [0.2, 0.25) is 17.7 Å². The van der Waals surface area contributed by atoms with Crippen molar-refractivity contribution in [2.75, 3.05) is 12.3 Å². The van der Waals surface area contributed by atoms with E-state index in [1.54, 1.807) is 13.8 Å². The van der Waals surface area contributed by atoms with Crippen molar-refractivity contribution < 1.29 is 34.2 Å². The number of carboxylic acid groups (broad SMARTS) is 2. The van der Waals surface area contributed by atoms with Gasteiger partial charge in [0.15, 0.2) is 0 Å². The van der Waals surface area contributed by atoms with Gasteiger partial charge in [-0.1, -0.05) is 13.8 Å². The van der Waals surface area contributed by atoms with E-state index >= 15 is 0 Å². The summed E-state index contributed by atoms with van der Waals surface area (Å²) in [6.07, 6.45) is 0.685. The molecule has 4 unspecified atom stereocenters. The predicted octanol–water partition coefficient (Wildman–Crippen LogP) is -1.57. The van der Waals surface area contributed by atoms with Crippen LogP contribution in [0.4, 0.5) is 0 Å². The van der Waals surface area contributed by atoms with E-state index in [0.29, 0.717) is 19.4 Å². The van der Waals surface area contributed by atoms with Gasteiger partial charge in [0.05, 0.1) is 12.5 Å². The highest BCUT2D eigenvalue weighted by Crippen LogP contribution is 2.08. The van der Waals surface area contributed by atoms with E-state index in [1.165, 1.54) is 0 Å². The van der Waals surface area contributed by atoms with Crippen molar-refractivity contribution in [3.05, 3.63) is 0 Å². The lowest BCUT2D eigenvalue weighted by Gasteiger charge is -2.25. The van der Waals surface area contributed by atoms with Crippen LogP contribution in [0.25, 0.3) is 0 Å². The molecule has 32 heavy (non-hydrogen) atoms. The molecular weight excluding hydrogens is 442 g/mol. The summed E-state index contributed by atoms with van der Waals surface area (Å²) in [7, 11) is 0. The Kier molecular flexibility index (Phi) is 14.3. The van der Waals surface area contributed by atoms with Gasteiger partial charge in [-0.05, 0) is 38.1 Å². The monoisotopic (exact) mass is 477 g/mol. The maximum atomic E-state index is 12.7. The van der Waals surface area contributed by atoms with Gasteiger partial charge in [-0.25, -0.2) is 4.79 Å². The molecule has 13 heteroatoms. The molecule has 0 heterocycles. The molecule has 0 aromatic heterocycles. The molecule has 0 spiro atoms. The molecule has 9 N–H and O–H groups in total. The highest BCUT2D eigenvalue weighted by atomic mass is 32.1. The van der Waals surface area contributed by atoms with Crippen molar-refractivity contribution >= 4 is 42.3 Å². The second kappa shape index (κ2) is 15.4. The number of nitrogens with one attached hydrogen (secondary N) is 3. The van der Waals surface area contributed by atoms with Crippen molar-refractivity contribution in [3.63, 3.8) is 0 Å². The minimum Gasteiger partial charge on any atom is -0.481 e. The van der Waals surface area contributed by atoms with Crippen LogP contribution in [0.3, 0.4) is 0 Å². The quantitative estimate of drug-likeness (QED) is 0.0950. The summed E-state index contributed by atoms with van der Waals surface area (Å²) in [5, 5.41) is 25.5. The molecule has 0 radical (unpaired) electrons. The summed E-state index contributed by atoms with van der Waals surface area (Å²) in [6, 6.07) is -4.83. The maximum absolute atomic E-state index is 12.7. The van der Waals surface area contributed by atoms with E-state index < -0.39 is 60.2 Å². The molecule has 0 saturated heterocycles. The van der Waals surface area contributed by atoms with Gasteiger partial charge in [0.1, 0.15) is 18.1 Å². The number of unbranched alkanes of at least 4 members (excludes halogenated alkanes) is 1. The van der Waals surface area contributed by atoms with Crippen molar-refractivity contribution in [2.45, 2.75) is 70.1 Å². The number of carboxylic acids is 2. The molecule has 0 aromatic carbocycles. The van der Waals surface area contributed by atoms with E-state index in [2.05, 4.69) is 28.6 Å². The fourth-order valence-electron chi connectivity index (χ4n) is 2.74. The minimum atomic E-state index is -1.48. The molecule has 4 atom stereocenters. The van der Waals surface area contributed by atoms with Crippen LogP contribution in [0, 0.1) is 5.92 Å². The molecule has 0 bridgehead atoms. The van der Waals surface area contributed by atoms with Crippen LogP contribution in [-0.4, -0.2) is 76.3 Å². The standard InChI is InChI=1S/C19H35N5O7S/c1-10(2)7-13(17(28)22-12(19(30)31)5-3-4-6-20)24-18(29)14(8-15(25)26)23-16(27)11(21)9-32/h10-14,32H,3-9,20-21H2,1-2H3,(H,22,28)(H,23,27)(H,24,29)(H,25,26)(H,30,31). The van der Waals surface area contributed by atoms with E-state index in [9.17, 15) is 29.1 Å². The van der Waals surface area contributed by atoms with Crippen LogP contribution >= 0.6 is 12.6 Å². The lowest BCUT2D eigenvalue weighted by molar-refractivity contribution is -0.143. The van der Waals surface area contributed by atoms with Gasteiger partial charge in [-0.15, -0.1) is 0 Å². The molecule has 0 aromatic rings. The SMILES string of the molecule is CC(C)CC(NC(=O)C(CC(=O)O)NC(=O)C(N)CS)C(=O)NC(CCCCN)C(=O)O. The average molecular weight is 478 g/mol. The summed E-state index contributed by atoms with van der Waals surface area (Å²) in [6.45, 7) is 3.98. The van der Waals surface area contributed by atoms with E-state index in [4.69, 9.17) is 16.6 Å². The zero-order valence-corrected chi connectivity index (χ0v) is 19.3. The first-order valence-electron chi connectivity index (χ1n) is 10.3. The zero-order chi connectivity index (χ0) is 24.8. The number of nitrogens with two attached hydrogens (primary N) is 2. The molecular formula is C19H35N5O7S. The second-order valence-electron chi connectivity index (χ2n) is 7.82. The first kappa shape index (κ1) is 29.6. The maximum Gasteiger partial charge on any atom is 0.326 e. The van der Waals surface area contributed by atoms with Gasteiger partial charge in [-0.3, -0.25) is 19.2 Å². The Morgan fingerprint density at radius 3 is 1.88 bits per heavy atom. The Labute approximate surface area is 192 Å². The van der Waals surface area contributed by atoms with Crippen molar-refractivity contribution in [1.82, 2.24) is 16.0 Å². The molecule has 0 fully saturated rings. The summed E-state index contributed by atoms with van der Waals surface area (Å²) in [5.41, 5.74) is 11.0. The van der Waals surface area contributed by atoms with Crippen molar-refractivity contribution in [2.24, 2.45) is 17.4 Å². The number of aliphatic carboxylic acids is 2. The molecule has 3 amide bonds. The highest BCUT2D eigenvalue weighted by molar-refractivity contribution is 7.80. The number of rotatable bonds is 16. The van der Waals surface area contributed by atoms with Crippen LogP contribution in [-0.2, 0) is 24.0 Å². The number of hydrogen-bond donors (Lipinski definition) is 8. The minimum absolute atomic E-state index is 0.0215. The van der Waals surface area contributed by atoms with E-state index in [-0.39, 0.29) is 24.5 Å². The molecule has 0 aliphatic rings. The topological polar surface area (TPSA) is 214 Å². The Morgan fingerprint density at radius 1 is 0.875 bits per heavy atom.